The molecule has 146 valence electrons. The minimum Gasteiger partial charge on any atom is -0.492 e. The minimum absolute atomic E-state index is 0.188. The second kappa shape index (κ2) is 8.46. The van der Waals surface area contributed by atoms with Gasteiger partial charge in [-0.15, -0.1) is 0 Å². The Balaban J connectivity index is 1.41. The van der Waals surface area contributed by atoms with Crippen molar-refractivity contribution in [2.24, 2.45) is 5.92 Å². The van der Waals surface area contributed by atoms with Crippen molar-refractivity contribution >= 4 is 32.6 Å². The van der Waals surface area contributed by atoms with Gasteiger partial charge in [0.15, 0.2) is 5.13 Å². The summed E-state index contributed by atoms with van der Waals surface area (Å²) in [5, 5.41) is 1.05. The van der Waals surface area contributed by atoms with Crippen LogP contribution in [0, 0.1) is 5.92 Å². The third kappa shape index (κ3) is 4.05. The predicted molar refractivity (Wildman–Crippen MR) is 111 cm³/mol. The summed E-state index contributed by atoms with van der Waals surface area (Å²) in [6.07, 6.45) is 6.73. The van der Waals surface area contributed by atoms with Crippen molar-refractivity contribution in [2.75, 3.05) is 37.7 Å². The molecule has 2 aliphatic rings. The van der Waals surface area contributed by atoms with Gasteiger partial charge in [-0.3, -0.25) is 4.79 Å². The van der Waals surface area contributed by atoms with Crippen LogP contribution in [0.1, 0.15) is 45.4 Å². The highest BCUT2D eigenvalue weighted by Gasteiger charge is 2.30. The number of anilines is 1. The normalized spacial score (nSPS) is 19.3. The van der Waals surface area contributed by atoms with E-state index in [2.05, 4.69) is 15.9 Å². The molecule has 1 aromatic carbocycles. The van der Waals surface area contributed by atoms with E-state index in [9.17, 15) is 4.79 Å². The Morgan fingerprint density at radius 1 is 1.15 bits per heavy atom. The molecule has 0 spiro atoms. The molecule has 0 saturated carbocycles. The van der Waals surface area contributed by atoms with Gasteiger partial charge in [0.05, 0.1) is 11.3 Å². The van der Waals surface area contributed by atoms with Gasteiger partial charge in [0.25, 0.3) is 0 Å². The van der Waals surface area contributed by atoms with E-state index in [0.29, 0.717) is 12.5 Å². The van der Waals surface area contributed by atoms with Crippen molar-refractivity contribution in [3.8, 4) is 5.75 Å². The molecular formula is C21H29N3O2S. The van der Waals surface area contributed by atoms with E-state index in [-0.39, 0.29) is 5.92 Å². The molecule has 1 amide bonds. The van der Waals surface area contributed by atoms with Gasteiger partial charge in [0.1, 0.15) is 11.3 Å². The van der Waals surface area contributed by atoms with E-state index in [1.807, 2.05) is 19.1 Å². The van der Waals surface area contributed by atoms with Gasteiger partial charge in [-0.05, 0) is 44.7 Å². The number of fused-ring (bicyclic) bond motifs is 1. The summed E-state index contributed by atoms with van der Waals surface area (Å²) in [7, 11) is 0. The number of carbonyl (C=O) groups is 1. The maximum absolute atomic E-state index is 12.9. The number of aromatic nitrogens is 1. The lowest BCUT2D eigenvalue weighted by atomic mass is 9.95. The molecule has 3 heterocycles. The first kappa shape index (κ1) is 18.5. The number of para-hydroxylation sites is 1. The van der Waals surface area contributed by atoms with Crippen LogP contribution < -0.4 is 9.64 Å². The molecule has 0 aliphatic carbocycles. The maximum Gasteiger partial charge on any atom is 0.225 e. The van der Waals surface area contributed by atoms with E-state index < -0.39 is 0 Å². The summed E-state index contributed by atoms with van der Waals surface area (Å²) < 4.78 is 6.89. The number of nitrogens with zero attached hydrogens (tertiary/aromatic N) is 3. The Bertz CT molecular complexity index is 775. The van der Waals surface area contributed by atoms with Crippen LogP contribution in [-0.4, -0.2) is 48.6 Å². The lowest BCUT2D eigenvalue weighted by molar-refractivity contribution is -0.136. The minimum atomic E-state index is 0.188. The number of piperidine rings is 1. The van der Waals surface area contributed by atoms with Gasteiger partial charge in [-0.1, -0.05) is 30.2 Å². The quantitative estimate of drug-likeness (QED) is 0.784. The fourth-order valence-electron chi connectivity index (χ4n) is 4.19. The molecule has 2 aromatic rings. The van der Waals surface area contributed by atoms with Crippen LogP contribution in [0.4, 0.5) is 5.13 Å². The summed E-state index contributed by atoms with van der Waals surface area (Å²) >= 11 is 1.72. The number of rotatable bonds is 4. The van der Waals surface area contributed by atoms with Gasteiger partial charge in [0, 0.05) is 32.1 Å². The monoisotopic (exact) mass is 387 g/mol. The van der Waals surface area contributed by atoms with E-state index in [1.54, 1.807) is 11.3 Å². The second-order valence-electron chi connectivity index (χ2n) is 7.53. The molecule has 0 unspecified atom stereocenters. The zero-order chi connectivity index (χ0) is 18.6. The number of benzene rings is 1. The Labute approximate surface area is 165 Å². The number of amides is 1. The smallest absolute Gasteiger partial charge is 0.225 e. The molecule has 5 nitrogen and oxygen atoms in total. The Hall–Kier alpha value is -1.82. The molecule has 27 heavy (non-hydrogen) atoms. The highest BCUT2D eigenvalue weighted by molar-refractivity contribution is 7.22. The maximum atomic E-state index is 12.9. The third-order valence-corrected chi connectivity index (χ3v) is 6.78. The summed E-state index contributed by atoms with van der Waals surface area (Å²) in [5.74, 6) is 1.44. The number of hydrogen-bond donors (Lipinski definition) is 0. The number of likely N-dealkylation sites (tertiary alicyclic amines) is 1. The van der Waals surface area contributed by atoms with Crippen molar-refractivity contribution < 1.29 is 9.53 Å². The van der Waals surface area contributed by atoms with Crippen LogP contribution in [-0.2, 0) is 4.79 Å². The molecule has 0 N–H and O–H groups in total. The lowest BCUT2D eigenvalue weighted by Gasteiger charge is -2.33. The number of hydrogen-bond acceptors (Lipinski definition) is 5. The molecule has 1 aromatic heterocycles. The number of thiazole rings is 1. The molecule has 4 rings (SSSR count). The summed E-state index contributed by atoms with van der Waals surface area (Å²) in [6, 6.07) is 6.12. The van der Waals surface area contributed by atoms with Gasteiger partial charge < -0.3 is 14.5 Å². The van der Waals surface area contributed by atoms with Gasteiger partial charge >= 0.3 is 0 Å². The van der Waals surface area contributed by atoms with Crippen molar-refractivity contribution in [3.05, 3.63) is 18.2 Å². The third-order valence-electron chi connectivity index (χ3n) is 5.70. The van der Waals surface area contributed by atoms with Crippen molar-refractivity contribution in [2.45, 2.75) is 45.4 Å². The summed E-state index contributed by atoms with van der Waals surface area (Å²) in [5.41, 5.74) is 0.960. The first-order chi connectivity index (χ1) is 13.3. The van der Waals surface area contributed by atoms with Crippen LogP contribution in [0.3, 0.4) is 0 Å². The van der Waals surface area contributed by atoms with E-state index in [0.717, 1.165) is 55.4 Å². The van der Waals surface area contributed by atoms with Gasteiger partial charge in [0.2, 0.25) is 5.91 Å². The molecule has 0 radical (unpaired) electrons. The standard InChI is InChI=1S/C21H29N3O2S/c1-2-26-17-8-7-9-18-19(17)22-21(27-18)24-14-10-16(11-15-24)20(25)23-12-5-3-4-6-13-23/h7-9,16H,2-6,10-15H2,1H3. The molecule has 2 aliphatic heterocycles. The Kier molecular flexibility index (Phi) is 5.81. The first-order valence-electron chi connectivity index (χ1n) is 10.3. The second-order valence-corrected chi connectivity index (χ2v) is 8.54. The van der Waals surface area contributed by atoms with E-state index in [4.69, 9.17) is 9.72 Å². The molecule has 6 heteroatoms. The zero-order valence-electron chi connectivity index (χ0n) is 16.2. The fourth-order valence-corrected chi connectivity index (χ4v) is 5.22. The zero-order valence-corrected chi connectivity index (χ0v) is 17.0. The number of carbonyl (C=O) groups excluding carboxylic acids is 1. The first-order valence-corrected chi connectivity index (χ1v) is 11.1. The average Bonchev–Trinajstić information content (AvgIpc) is 2.96. The molecular weight excluding hydrogens is 358 g/mol. The van der Waals surface area contributed by atoms with Crippen LogP contribution >= 0.6 is 11.3 Å². The van der Waals surface area contributed by atoms with E-state index in [1.165, 1.54) is 30.4 Å². The average molecular weight is 388 g/mol. The SMILES string of the molecule is CCOc1cccc2sc(N3CCC(C(=O)N4CCCCCC4)CC3)nc12. The predicted octanol–water partition coefficient (Wildman–Crippen LogP) is 4.31. The lowest BCUT2D eigenvalue weighted by Crippen LogP contribution is -2.43. The summed E-state index contributed by atoms with van der Waals surface area (Å²) in [4.78, 5) is 22.2. The van der Waals surface area contributed by atoms with Crippen molar-refractivity contribution in [1.29, 1.82) is 0 Å². The van der Waals surface area contributed by atoms with Crippen LogP contribution in [0.15, 0.2) is 18.2 Å². The largest absolute Gasteiger partial charge is 0.492 e. The molecule has 0 bridgehead atoms. The van der Waals surface area contributed by atoms with Crippen LogP contribution in [0.2, 0.25) is 0 Å². The molecule has 2 saturated heterocycles. The van der Waals surface area contributed by atoms with Crippen LogP contribution in [0.5, 0.6) is 5.75 Å². The topological polar surface area (TPSA) is 45.7 Å². The van der Waals surface area contributed by atoms with Crippen molar-refractivity contribution in [3.63, 3.8) is 0 Å². The number of ether oxygens (including phenoxy) is 1. The van der Waals surface area contributed by atoms with E-state index >= 15 is 0 Å². The summed E-state index contributed by atoms with van der Waals surface area (Å²) in [6.45, 7) is 6.38. The van der Waals surface area contributed by atoms with Crippen LogP contribution in [0.25, 0.3) is 10.2 Å². The molecule has 2 fully saturated rings. The fraction of sp³-hybridized carbons (Fsp3) is 0.619. The highest BCUT2D eigenvalue weighted by atomic mass is 32.1. The van der Waals surface area contributed by atoms with Gasteiger partial charge in [-0.25, -0.2) is 4.98 Å². The highest BCUT2D eigenvalue weighted by Crippen LogP contribution is 2.36. The Morgan fingerprint density at radius 3 is 2.59 bits per heavy atom. The molecule has 0 atom stereocenters. The Morgan fingerprint density at radius 2 is 1.89 bits per heavy atom. The van der Waals surface area contributed by atoms with Crippen molar-refractivity contribution in [1.82, 2.24) is 9.88 Å². The van der Waals surface area contributed by atoms with Gasteiger partial charge in [-0.2, -0.15) is 0 Å².